The molecule has 3 nitrogen and oxygen atoms in total. The highest BCUT2D eigenvalue weighted by molar-refractivity contribution is 6.06. The van der Waals surface area contributed by atoms with Gasteiger partial charge in [0, 0.05) is 6.54 Å². The van der Waals surface area contributed by atoms with Gasteiger partial charge in [-0.15, -0.1) is 0 Å². The average molecular weight is 333 g/mol. The number of alkyl carbamates (subject to hydrolysis) is 1. The zero-order chi connectivity index (χ0) is 17.9. The number of carbonyl (C=O) groups excluding carboxylic acids is 1. The van der Waals surface area contributed by atoms with Gasteiger partial charge in [0.15, 0.2) is 0 Å². The van der Waals surface area contributed by atoms with Crippen LogP contribution in [0.1, 0.15) is 26.3 Å². The van der Waals surface area contributed by atoms with E-state index < -0.39 is 11.7 Å². The second kappa shape index (κ2) is 6.98. The van der Waals surface area contributed by atoms with Crippen molar-refractivity contribution in [1.29, 1.82) is 0 Å². The quantitative estimate of drug-likeness (QED) is 0.640. The van der Waals surface area contributed by atoms with E-state index in [4.69, 9.17) is 4.74 Å². The predicted octanol–water partition coefficient (Wildman–Crippen LogP) is 5.53. The first-order valence-electron chi connectivity index (χ1n) is 8.48. The molecule has 3 aromatic carbocycles. The molecule has 0 saturated heterocycles. The maximum Gasteiger partial charge on any atom is 0.407 e. The van der Waals surface area contributed by atoms with Crippen molar-refractivity contribution in [3.8, 4) is 0 Å². The molecule has 0 radical (unpaired) electrons. The molecular weight excluding hydrogens is 310 g/mol. The lowest BCUT2D eigenvalue weighted by molar-refractivity contribution is 0.0534. The van der Waals surface area contributed by atoms with Gasteiger partial charge < -0.3 is 10.1 Å². The summed E-state index contributed by atoms with van der Waals surface area (Å²) in [6.45, 7) is 5.98. The fourth-order valence-corrected chi connectivity index (χ4v) is 2.86. The largest absolute Gasteiger partial charge is 0.444 e. The highest BCUT2D eigenvalue weighted by Crippen LogP contribution is 2.29. The Labute approximate surface area is 148 Å². The molecule has 0 unspecified atom stereocenters. The molecule has 25 heavy (non-hydrogen) atoms. The molecule has 0 saturated carbocycles. The first-order valence-corrected chi connectivity index (χ1v) is 8.48. The summed E-state index contributed by atoms with van der Waals surface area (Å²) in [6, 6.07) is 18.9. The van der Waals surface area contributed by atoms with Crippen molar-refractivity contribution < 1.29 is 9.53 Å². The van der Waals surface area contributed by atoms with E-state index >= 15 is 0 Å². The molecule has 3 heteroatoms. The summed E-state index contributed by atoms with van der Waals surface area (Å²) in [7, 11) is 0. The van der Waals surface area contributed by atoms with Gasteiger partial charge in [0.05, 0.1) is 0 Å². The molecule has 3 aromatic rings. The van der Waals surface area contributed by atoms with Crippen LogP contribution in [0.2, 0.25) is 0 Å². The molecule has 1 amide bonds. The highest BCUT2D eigenvalue weighted by atomic mass is 16.6. The Hall–Kier alpha value is -2.81. The van der Waals surface area contributed by atoms with E-state index in [1.54, 1.807) is 0 Å². The Morgan fingerprint density at radius 1 is 1.00 bits per heavy atom. The van der Waals surface area contributed by atoms with E-state index in [-0.39, 0.29) is 0 Å². The molecule has 0 aliphatic rings. The molecule has 0 aliphatic carbocycles. The summed E-state index contributed by atoms with van der Waals surface area (Å²) in [5.41, 5.74) is 0.680. The molecule has 0 aromatic heterocycles. The van der Waals surface area contributed by atoms with Crippen LogP contribution in [0.5, 0.6) is 0 Å². The lowest BCUT2D eigenvalue weighted by Crippen LogP contribution is -2.32. The Kier molecular flexibility index (Phi) is 4.75. The summed E-state index contributed by atoms with van der Waals surface area (Å²) in [5.74, 6) is 0. The average Bonchev–Trinajstić information content (AvgIpc) is 2.56. The van der Waals surface area contributed by atoms with E-state index in [2.05, 4.69) is 53.9 Å². The van der Waals surface area contributed by atoms with Crippen molar-refractivity contribution in [1.82, 2.24) is 5.32 Å². The molecule has 3 rings (SSSR count). The van der Waals surface area contributed by atoms with Gasteiger partial charge in [0.2, 0.25) is 0 Å². The number of ether oxygens (including phenoxy) is 1. The number of rotatable bonds is 3. The molecule has 0 heterocycles. The topological polar surface area (TPSA) is 38.3 Å². The van der Waals surface area contributed by atoms with Gasteiger partial charge in [-0.05, 0) is 53.9 Å². The SMILES string of the molecule is CC(C)(C)OC(=O)NCC=Cc1c2ccccc2cc2ccccc12. The fraction of sp³-hybridized carbons (Fsp3) is 0.227. The van der Waals surface area contributed by atoms with Crippen LogP contribution in [0.4, 0.5) is 4.79 Å². The van der Waals surface area contributed by atoms with Crippen LogP contribution in [0.15, 0.2) is 60.7 Å². The minimum absolute atomic E-state index is 0.403. The Morgan fingerprint density at radius 2 is 1.56 bits per heavy atom. The van der Waals surface area contributed by atoms with Crippen molar-refractivity contribution in [2.75, 3.05) is 6.54 Å². The number of amides is 1. The van der Waals surface area contributed by atoms with Crippen LogP contribution in [0.25, 0.3) is 27.6 Å². The minimum atomic E-state index is -0.486. The normalized spacial score (nSPS) is 12.0. The minimum Gasteiger partial charge on any atom is -0.444 e. The van der Waals surface area contributed by atoms with Gasteiger partial charge in [-0.3, -0.25) is 0 Å². The zero-order valence-corrected chi connectivity index (χ0v) is 14.9. The summed E-state index contributed by atoms with van der Waals surface area (Å²) >= 11 is 0. The van der Waals surface area contributed by atoms with Crippen LogP contribution in [0.3, 0.4) is 0 Å². The summed E-state index contributed by atoms with van der Waals surface area (Å²) in [4.78, 5) is 11.7. The van der Waals surface area contributed by atoms with Gasteiger partial charge in [0.25, 0.3) is 0 Å². The van der Waals surface area contributed by atoms with E-state index in [0.717, 1.165) is 0 Å². The molecular formula is C22H23NO2. The maximum atomic E-state index is 11.7. The zero-order valence-electron chi connectivity index (χ0n) is 14.9. The molecule has 0 spiro atoms. The number of nitrogens with one attached hydrogen (secondary N) is 1. The van der Waals surface area contributed by atoms with Gasteiger partial charge >= 0.3 is 6.09 Å². The van der Waals surface area contributed by atoms with E-state index in [1.807, 2.05) is 39.0 Å². The lowest BCUT2D eigenvalue weighted by atomic mass is 9.96. The van der Waals surface area contributed by atoms with Crippen LogP contribution < -0.4 is 5.32 Å². The second-order valence-corrected chi connectivity index (χ2v) is 7.02. The van der Waals surface area contributed by atoms with E-state index in [0.29, 0.717) is 6.54 Å². The number of carbonyl (C=O) groups is 1. The second-order valence-electron chi connectivity index (χ2n) is 7.02. The summed E-state index contributed by atoms with van der Waals surface area (Å²) in [6.07, 6.45) is 3.63. The number of benzene rings is 3. The number of hydrogen-bond donors (Lipinski definition) is 1. The Bertz CT molecular complexity index is 882. The maximum absolute atomic E-state index is 11.7. The van der Waals surface area contributed by atoms with Crippen molar-refractivity contribution in [3.05, 3.63) is 66.2 Å². The van der Waals surface area contributed by atoms with Crippen molar-refractivity contribution in [3.63, 3.8) is 0 Å². The monoisotopic (exact) mass is 333 g/mol. The molecule has 0 bridgehead atoms. The van der Waals surface area contributed by atoms with Crippen molar-refractivity contribution in [2.45, 2.75) is 26.4 Å². The number of hydrogen-bond acceptors (Lipinski definition) is 2. The Balaban J connectivity index is 1.85. The summed E-state index contributed by atoms with van der Waals surface area (Å²) < 4.78 is 5.25. The smallest absolute Gasteiger partial charge is 0.407 e. The molecule has 128 valence electrons. The first-order chi connectivity index (χ1) is 11.9. The van der Waals surface area contributed by atoms with Crippen molar-refractivity contribution >= 4 is 33.7 Å². The highest BCUT2D eigenvalue weighted by Gasteiger charge is 2.15. The lowest BCUT2D eigenvalue weighted by Gasteiger charge is -2.19. The van der Waals surface area contributed by atoms with Crippen LogP contribution >= 0.6 is 0 Å². The first kappa shape index (κ1) is 17.0. The standard InChI is InChI=1S/C22H23NO2/c1-22(2,3)25-21(24)23-14-8-13-20-18-11-6-4-9-16(18)15-17-10-5-7-12-19(17)20/h4-13,15H,14H2,1-3H3,(H,23,24). The molecule has 0 fully saturated rings. The van der Waals surface area contributed by atoms with Gasteiger partial charge in [0.1, 0.15) is 5.60 Å². The third kappa shape index (κ3) is 4.18. The Morgan fingerprint density at radius 3 is 2.12 bits per heavy atom. The van der Waals surface area contributed by atoms with Gasteiger partial charge in [-0.2, -0.15) is 0 Å². The van der Waals surface area contributed by atoms with Crippen LogP contribution in [-0.2, 0) is 4.74 Å². The van der Waals surface area contributed by atoms with Crippen LogP contribution in [-0.4, -0.2) is 18.2 Å². The molecule has 0 atom stereocenters. The molecule has 1 N–H and O–H groups in total. The predicted molar refractivity (Wildman–Crippen MR) is 105 cm³/mol. The van der Waals surface area contributed by atoms with Crippen LogP contribution in [0, 0.1) is 0 Å². The third-order valence-corrected chi connectivity index (χ3v) is 3.86. The van der Waals surface area contributed by atoms with E-state index in [9.17, 15) is 4.79 Å². The number of fused-ring (bicyclic) bond motifs is 2. The van der Waals surface area contributed by atoms with Gasteiger partial charge in [-0.1, -0.05) is 60.7 Å². The van der Waals surface area contributed by atoms with E-state index in [1.165, 1.54) is 27.1 Å². The van der Waals surface area contributed by atoms with Crippen molar-refractivity contribution in [2.24, 2.45) is 0 Å². The summed E-state index contributed by atoms with van der Waals surface area (Å²) in [5, 5.41) is 7.58. The van der Waals surface area contributed by atoms with Gasteiger partial charge in [-0.25, -0.2) is 4.79 Å². The molecule has 0 aliphatic heterocycles. The fourth-order valence-electron chi connectivity index (χ4n) is 2.86. The third-order valence-electron chi connectivity index (χ3n) is 3.86.